The molecule has 1 N–H and O–H groups in total. The molecule has 4 rings (SSSR count). The fourth-order valence-electron chi connectivity index (χ4n) is 2.70. The van der Waals surface area contributed by atoms with E-state index in [4.69, 9.17) is 0 Å². The quantitative estimate of drug-likeness (QED) is 0.657. The summed E-state index contributed by atoms with van der Waals surface area (Å²) in [5.74, 6) is 1.41. The summed E-state index contributed by atoms with van der Waals surface area (Å²) in [5, 5.41) is 5.38. The van der Waals surface area contributed by atoms with Crippen LogP contribution < -0.4 is 5.43 Å². The molecule has 2 aromatic rings. The van der Waals surface area contributed by atoms with Gasteiger partial charge in [0.25, 0.3) is 0 Å². The SMILES string of the molecule is C1=CC2/C(=N\Nc3nc4ccccc4s3)CC2C1. The van der Waals surface area contributed by atoms with Crippen molar-refractivity contribution in [3.8, 4) is 0 Å². The van der Waals surface area contributed by atoms with Crippen molar-refractivity contribution in [2.45, 2.75) is 12.8 Å². The highest BCUT2D eigenvalue weighted by Gasteiger charge is 2.37. The van der Waals surface area contributed by atoms with E-state index in [0.717, 1.165) is 23.0 Å². The number of nitrogens with one attached hydrogen (secondary N) is 1. The van der Waals surface area contributed by atoms with E-state index < -0.39 is 0 Å². The van der Waals surface area contributed by atoms with Crippen LogP contribution in [0.2, 0.25) is 0 Å². The molecule has 1 aromatic carbocycles. The van der Waals surface area contributed by atoms with E-state index >= 15 is 0 Å². The van der Waals surface area contributed by atoms with Crippen LogP contribution in [0.1, 0.15) is 12.8 Å². The lowest BCUT2D eigenvalue weighted by atomic mass is 9.74. The van der Waals surface area contributed by atoms with Gasteiger partial charge in [-0.1, -0.05) is 35.6 Å². The molecule has 1 fully saturated rings. The first-order valence-electron chi connectivity index (χ1n) is 6.25. The number of thiazole rings is 1. The van der Waals surface area contributed by atoms with Crippen molar-refractivity contribution in [3.63, 3.8) is 0 Å². The number of rotatable bonds is 2. The fourth-order valence-corrected chi connectivity index (χ4v) is 3.51. The van der Waals surface area contributed by atoms with Gasteiger partial charge in [0.15, 0.2) is 0 Å². The van der Waals surface area contributed by atoms with Gasteiger partial charge in [-0.05, 0) is 30.9 Å². The highest BCUT2D eigenvalue weighted by molar-refractivity contribution is 7.22. The van der Waals surface area contributed by atoms with Crippen molar-refractivity contribution < 1.29 is 0 Å². The Labute approximate surface area is 109 Å². The van der Waals surface area contributed by atoms with E-state index in [-0.39, 0.29) is 0 Å². The maximum Gasteiger partial charge on any atom is 0.204 e. The zero-order valence-electron chi connectivity index (χ0n) is 9.84. The Morgan fingerprint density at radius 1 is 1.33 bits per heavy atom. The van der Waals surface area contributed by atoms with Gasteiger partial charge in [0, 0.05) is 11.6 Å². The molecule has 0 amide bonds. The molecule has 4 heteroatoms. The molecule has 18 heavy (non-hydrogen) atoms. The van der Waals surface area contributed by atoms with Crippen LogP contribution >= 0.6 is 11.3 Å². The summed E-state index contributed by atoms with van der Waals surface area (Å²) in [6.45, 7) is 0. The standard InChI is InChI=1S/C14H13N3S/c1-2-7-13-11(6-1)15-14(18-13)17-16-12-8-9-4-3-5-10(9)12/h1-3,5-7,9-10H,4,8H2,(H,15,17)/b16-12-. The third-order valence-electron chi connectivity index (χ3n) is 3.74. The smallest absolute Gasteiger partial charge is 0.204 e. The topological polar surface area (TPSA) is 37.3 Å². The number of allylic oxidation sites excluding steroid dienone is 2. The van der Waals surface area contributed by atoms with Crippen molar-refractivity contribution in [2.75, 3.05) is 5.43 Å². The molecule has 0 aliphatic heterocycles. The van der Waals surface area contributed by atoms with Crippen LogP contribution in [0.5, 0.6) is 0 Å². The summed E-state index contributed by atoms with van der Waals surface area (Å²) in [4.78, 5) is 4.51. The summed E-state index contributed by atoms with van der Waals surface area (Å²) >= 11 is 1.65. The molecule has 0 saturated heterocycles. The van der Waals surface area contributed by atoms with Crippen LogP contribution in [-0.4, -0.2) is 10.7 Å². The third kappa shape index (κ3) is 1.56. The molecule has 3 nitrogen and oxygen atoms in total. The summed E-state index contributed by atoms with van der Waals surface area (Å²) in [6, 6.07) is 8.17. The number of aromatic nitrogens is 1. The van der Waals surface area contributed by atoms with Crippen molar-refractivity contribution in [1.29, 1.82) is 0 Å². The van der Waals surface area contributed by atoms with E-state index in [2.05, 4.69) is 33.7 Å². The Bertz CT molecular complexity index is 623. The number of fused-ring (bicyclic) bond motifs is 2. The normalized spacial score (nSPS) is 27.4. The summed E-state index contributed by atoms with van der Waals surface area (Å²) in [5.41, 5.74) is 5.42. The predicted octanol–water partition coefficient (Wildman–Crippen LogP) is 3.66. The Kier molecular flexibility index (Phi) is 2.23. The molecule has 1 heterocycles. The lowest BCUT2D eigenvalue weighted by Gasteiger charge is -2.31. The maximum atomic E-state index is 4.51. The average Bonchev–Trinajstić information content (AvgIpc) is 2.93. The van der Waals surface area contributed by atoms with Crippen LogP contribution in [0.25, 0.3) is 10.2 Å². The summed E-state index contributed by atoms with van der Waals surface area (Å²) < 4.78 is 1.20. The lowest BCUT2D eigenvalue weighted by Crippen LogP contribution is -2.33. The predicted molar refractivity (Wildman–Crippen MR) is 76.0 cm³/mol. The summed E-state index contributed by atoms with van der Waals surface area (Å²) in [7, 11) is 0. The molecule has 0 bridgehead atoms. The number of nitrogens with zero attached hydrogens (tertiary/aromatic N) is 2. The van der Waals surface area contributed by atoms with Gasteiger partial charge in [-0.2, -0.15) is 5.10 Å². The minimum atomic E-state index is 0.590. The molecular weight excluding hydrogens is 242 g/mol. The van der Waals surface area contributed by atoms with E-state index in [1.54, 1.807) is 11.3 Å². The Morgan fingerprint density at radius 3 is 3.17 bits per heavy atom. The molecule has 2 atom stereocenters. The van der Waals surface area contributed by atoms with E-state index in [0.29, 0.717) is 5.92 Å². The number of benzene rings is 1. The van der Waals surface area contributed by atoms with Crippen molar-refractivity contribution >= 4 is 32.4 Å². The molecule has 2 aliphatic rings. The van der Waals surface area contributed by atoms with Gasteiger partial charge in [-0.15, -0.1) is 0 Å². The highest BCUT2D eigenvalue weighted by Crippen LogP contribution is 2.40. The first-order chi connectivity index (χ1) is 8.90. The average molecular weight is 255 g/mol. The molecule has 1 aromatic heterocycles. The monoisotopic (exact) mass is 255 g/mol. The minimum absolute atomic E-state index is 0.590. The number of anilines is 1. The van der Waals surface area contributed by atoms with E-state index in [1.807, 2.05) is 18.2 Å². The molecule has 90 valence electrons. The second-order valence-corrected chi connectivity index (χ2v) is 5.89. The van der Waals surface area contributed by atoms with Gasteiger partial charge in [-0.25, -0.2) is 4.98 Å². The second kappa shape index (κ2) is 3.92. The third-order valence-corrected chi connectivity index (χ3v) is 4.68. The molecule has 0 radical (unpaired) electrons. The molecule has 1 saturated carbocycles. The zero-order valence-corrected chi connectivity index (χ0v) is 10.7. The number of hydrazone groups is 1. The molecular formula is C14H13N3S. The van der Waals surface area contributed by atoms with Crippen LogP contribution in [0.15, 0.2) is 41.5 Å². The van der Waals surface area contributed by atoms with E-state index in [9.17, 15) is 0 Å². The second-order valence-electron chi connectivity index (χ2n) is 4.86. The van der Waals surface area contributed by atoms with Gasteiger partial charge in [0.05, 0.1) is 10.2 Å². The van der Waals surface area contributed by atoms with Crippen molar-refractivity contribution in [2.24, 2.45) is 16.9 Å². The Hall–Kier alpha value is -1.68. The fraction of sp³-hybridized carbons (Fsp3) is 0.286. The largest absolute Gasteiger partial charge is 0.253 e. The number of para-hydroxylation sites is 1. The highest BCUT2D eigenvalue weighted by atomic mass is 32.1. The van der Waals surface area contributed by atoms with Gasteiger partial charge < -0.3 is 0 Å². The lowest BCUT2D eigenvalue weighted by molar-refractivity contribution is 0.447. The van der Waals surface area contributed by atoms with Crippen LogP contribution in [0, 0.1) is 11.8 Å². The minimum Gasteiger partial charge on any atom is -0.253 e. The van der Waals surface area contributed by atoms with Gasteiger partial charge in [0.2, 0.25) is 5.13 Å². The molecule has 2 aliphatic carbocycles. The molecule has 2 unspecified atom stereocenters. The first-order valence-corrected chi connectivity index (χ1v) is 7.06. The van der Waals surface area contributed by atoms with Crippen molar-refractivity contribution in [3.05, 3.63) is 36.4 Å². The van der Waals surface area contributed by atoms with Gasteiger partial charge in [-0.3, -0.25) is 5.43 Å². The van der Waals surface area contributed by atoms with E-state index in [1.165, 1.54) is 16.8 Å². The number of hydrogen-bond donors (Lipinski definition) is 1. The Balaban J connectivity index is 1.55. The Morgan fingerprint density at radius 2 is 2.28 bits per heavy atom. The zero-order chi connectivity index (χ0) is 11.9. The summed E-state index contributed by atoms with van der Waals surface area (Å²) in [6.07, 6.45) is 6.92. The van der Waals surface area contributed by atoms with Gasteiger partial charge in [0.1, 0.15) is 0 Å². The van der Waals surface area contributed by atoms with Crippen LogP contribution in [0.3, 0.4) is 0 Å². The van der Waals surface area contributed by atoms with Gasteiger partial charge >= 0.3 is 0 Å². The van der Waals surface area contributed by atoms with Crippen LogP contribution in [-0.2, 0) is 0 Å². The van der Waals surface area contributed by atoms with Crippen LogP contribution in [0.4, 0.5) is 5.13 Å². The molecule has 0 spiro atoms. The van der Waals surface area contributed by atoms with Crippen molar-refractivity contribution in [1.82, 2.24) is 4.98 Å². The maximum absolute atomic E-state index is 4.51. The number of hydrogen-bond acceptors (Lipinski definition) is 4. The first kappa shape index (κ1) is 10.3.